The Kier molecular flexibility index (Phi) is 1.71. The monoisotopic (exact) mass is 271 g/mol. The van der Waals surface area contributed by atoms with E-state index >= 15 is 0 Å². The van der Waals surface area contributed by atoms with E-state index in [0.29, 0.717) is 10.9 Å². The number of hydrogen-bond acceptors (Lipinski definition) is 1. The molecular formula is C10H7BrClNO. The van der Waals surface area contributed by atoms with Gasteiger partial charge in [0.1, 0.15) is 0 Å². The molecule has 2 aliphatic rings. The van der Waals surface area contributed by atoms with Crippen LogP contribution in [0.15, 0.2) is 16.6 Å². The number of benzene rings is 1. The average Bonchev–Trinajstić information content (AvgIpc) is 2.81. The number of hydrogen-bond donors (Lipinski definition) is 1. The number of amides is 1. The Morgan fingerprint density at radius 2 is 2.21 bits per heavy atom. The van der Waals surface area contributed by atoms with E-state index in [2.05, 4.69) is 21.2 Å². The number of carbonyl (C=O) groups is 1. The maximum atomic E-state index is 11.5. The van der Waals surface area contributed by atoms with Crippen LogP contribution in [0.5, 0.6) is 0 Å². The number of fused-ring (bicyclic) bond motifs is 3. The molecule has 0 aromatic heterocycles. The molecule has 2 atom stereocenters. The predicted molar refractivity (Wildman–Crippen MR) is 58.6 cm³/mol. The maximum Gasteiger partial charge on any atom is 0.228 e. The third-order valence-electron chi connectivity index (χ3n) is 2.85. The molecule has 1 aliphatic heterocycles. The van der Waals surface area contributed by atoms with Gasteiger partial charge in [0.25, 0.3) is 0 Å². The van der Waals surface area contributed by atoms with Crippen molar-refractivity contribution in [2.45, 2.75) is 12.3 Å². The van der Waals surface area contributed by atoms with Crippen LogP contribution in [0.4, 0.5) is 5.69 Å². The largest absolute Gasteiger partial charge is 0.325 e. The molecule has 1 aliphatic carbocycles. The fourth-order valence-electron chi connectivity index (χ4n) is 2.09. The van der Waals surface area contributed by atoms with Crippen LogP contribution in [-0.4, -0.2) is 5.91 Å². The van der Waals surface area contributed by atoms with Gasteiger partial charge in [0.05, 0.1) is 0 Å². The molecule has 3 rings (SSSR count). The first-order chi connectivity index (χ1) is 6.66. The standard InChI is InChI=1S/C10H7BrClNO/c11-7-1-4(12)2-8-9(7)5-3-6(5)10(14)13-8/h1-2,5-6H,3H2,(H,13,14). The first-order valence-corrected chi connectivity index (χ1v) is 5.63. The lowest BCUT2D eigenvalue weighted by molar-refractivity contribution is -0.117. The maximum absolute atomic E-state index is 11.5. The van der Waals surface area contributed by atoms with Gasteiger partial charge >= 0.3 is 0 Å². The van der Waals surface area contributed by atoms with Gasteiger partial charge in [-0.25, -0.2) is 0 Å². The van der Waals surface area contributed by atoms with Crippen LogP contribution in [0.1, 0.15) is 17.9 Å². The van der Waals surface area contributed by atoms with Gasteiger partial charge < -0.3 is 5.32 Å². The average molecular weight is 273 g/mol. The first-order valence-electron chi connectivity index (χ1n) is 4.46. The normalized spacial score (nSPS) is 27.7. The summed E-state index contributed by atoms with van der Waals surface area (Å²) in [4.78, 5) is 11.5. The van der Waals surface area contributed by atoms with Gasteiger partial charge in [-0.3, -0.25) is 4.79 Å². The molecule has 0 spiro atoms. The molecule has 0 bridgehead atoms. The van der Waals surface area contributed by atoms with E-state index in [1.165, 1.54) is 5.56 Å². The molecule has 0 radical (unpaired) electrons. The van der Waals surface area contributed by atoms with E-state index in [9.17, 15) is 4.79 Å². The first kappa shape index (κ1) is 8.74. The van der Waals surface area contributed by atoms with Crippen molar-refractivity contribution in [3.63, 3.8) is 0 Å². The number of nitrogens with one attached hydrogen (secondary N) is 1. The van der Waals surface area contributed by atoms with Gasteiger partial charge in [-0.1, -0.05) is 27.5 Å². The third-order valence-corrected chi connectivity index (χ3v) is 3.72. The van der Waals surface area contributed by atoms with E-state index < -0.39 is 0 Å². The summed E-state index contributed by atoms with van der Waals surface area (Å²) in [5.41, 5.74) is 2.08. The van der Waals surface area contributed by atoms with Crippen molar-refractivity contribution < 1.29 is 4.79 Å². The van der Waals surface area contributed by atoms with Gasteiger partial charge in [0.15, 0.2) is 0 Å². The highest BCUT2D eigenvalue weighted by Gasteiger charge is 2.49. The Morgan fingerprint density at radius 1 is 1.43 bits per heavy atom. The van der Waals surface area contributed by atoms with Crippen molar-refractivity contribution >= 4 is 39.1 Å². The highest BCUT2D eigenvalue weighted by Crippen LogP contribution is 2.55. The van der Waals surface area contributed by atoms with Crippen LogP contribution in [-0.2, 0) is 4.79 Å². The molecule has 2 nitrogen and oxygen atoms in total. The molecule has 14 heavy (non-hydrogen) atoms. The molecule has 4 heteroatoms. The topological polar surface area (TPSA) is 29.1 Å². The fraction of sp³-hybridized carbons (Fsp3) is 0.300. The summed E-state index contributed by atoms with van der Waals surface area (Å²) in [7, 11) is 0. The molecule has 2 unspecified atom stereocenters. The Morgan fingerprint density at radius 3 is 3.00 bits per heavy atom. The zero-order valence-corrected chi connectivity index (χ0v) is 9.52. The SMILES string of the molecule is O=C1Nc2cc(Cl)cc(Br)c2C2CC12. The second kappa shape index (κ2) is 2.74. The van der Waals surface area contributed by atoms with Gasteiger partial charge in [-0.2, -0.15) is 0 Å². The molecule has 1 N–H and O–H groups in total. The lowest BCUT2D eigenvalue weighted by Gasteiger charge is -2.17. The van der Waals surface area contributed by atoms with E-state index in [1.54, 1.807) is 0 Å². The molecule has 1 aromatic carbocycles. The van der Waals surface area contributed by atoms with Gasteiger partial charge in [0.2, 0.25) is 5.91 Å². The summed E-state index contributed by atoms with van der Waals surface area (Å²) in [5, 5.41) is 3.53. The summed E-state index contributed by atoms with van der Waals surface area (Å²) < 4.78 is 1.01. The van der Waals surface area contributed by atoms with Crippen LogP contribution in [0.25, 0.3) is 0 Å². The molecule has 1 amide bonds. The molecule has 72 valence electrons. The van der Waals surface area contributed by atoms with Gasteiger partial charge in [-0.05, 0) is 30.0 Å². The van der Waals surface area contributed by atoms with Crippen molar-refractivity contribution in [3.8, 4) is 0 Å². The molecule has 1 aromatic rings. The molecule has 1 heterocycles. The van der Waals surface area contributed by atoms with Crippen LogP contribution < -0.4 is 5.32 Å². The van der Waals surface area contributed by atoms with E-state index in [4.69, 9.17) is 11.6 Å². The number of carbonyl (C=O) groups excluding carboxylic acids is 1. The van der Waals surface area contributed by atoms with E-state index in [0.717, 1.165) is 16.6 Å². The van der Waals surface area contributed by atoms with Crippen molar-refractivity contribution in [1.82, 2.24) is 0 Å². The van der Waals surface area contributed by atoms with E-state index in [1.807, 2.05) is 12.1 Å². The van der Waals surface area contributed by atoms with Crippen molar-refractivity contribution in [2.24, 2.45) is 5.92 Å². The number of halogens is 2. The van der Waals surface area contributed by atoms with E-state index in [-0.39, 0.29) is 11.8 Å². The zero-order valence-electron chi connectivity index (χ0n) is 7.18. The van der Waals surface area contributed by atoms with Crippen molar-refractivity contribution in [2.75, 3.05) is 5.32 Å². The predicted octanol–water partition coefficient (Wildman–Crippen LogP) is 3.16. The highest BCUT2D eigenvalue weighted by atomic mass is 79.9. The zero-order chi connectivity index (χ0) is 9.87. The summed E-state index contributed by atoms with van der Waals surface area (Å²) in [5.74, 6) is 0.738. The highest BCUT2D eigenvalue weighted by molar-refractivity contribution is 9.10. The van der Waals surface area contributed by atoms with Gasteiger partial charge in [-0.15, -0.1) is 0 Å². The summed E-state index contributed by atoms with van der Waals surface area (Å²) in [6, 6.07) is 3.70. The lowest BCUT2D eigenvalue weighted by Crippen LogP contribution is -2.19. The second-order valence-electron chi connectivity index (χ2n) is 3.79. The van der Waals surface area contributed by atoms with Gasteiger partial charge in [0, 0.05) is 21.1 Å². The van der Waals surface area contributed by atoms with Crippen LogP contribution >= 0.6 is 27.5 Å². The summed E-state index contributed by atoms with van der Waals surface area (Å²) >= 11 is 9.39. The lowest BCUT2D eigenvalue weighted by atomic mass is 10.0. The minimum absolute atomic E-state index is 0.136. The van der Waals surface area contributed by atoms with Crippen molar-refractivity contribution in [3.05, 3.63) is 27.2 Å². The minimum Gasteiger partial charge on any atom is -0.325 e. The third kappa shape index (κ3) is 1.12. The number of anilines is 1. The molecule has 1 fully saturated rings. The van der Waals surface area contributed by atoms with Crippen molar-refractivity contribution in [1.29, 1.82) is 0 Å². The minimum atomic E-state index is 0.136. The van der Waals surface area contributed by atoms with Crippen LogP contribution in [0.3, 0.4) is 0 Å². The fourth-order valence-corrected chi connectivity index (χ4v) is 3.20. The Hall–Kier alpha value is -0.540. The quantitative estimate of drug-likeness (QED) is 0.772. The Balaban J connectivity index is 2.20. The molecular weight excluding hydrogens is 265 g/mol. The summed E-state index contributed by atoms with van der Waals surface area (Å²) in [6.07, 6.45) is 0.971. The Labute approximate surface area is 94.8 Å². The van der Waals surface area contributed by atoms with Crippen LogP contribution in [0.2, 0.25) is 5.02 Å². The molecule has 0 saturated heterocycles. The smallest absolute Gasteiger partial charge is 0.228 e. The Bertz CT molecular complexity index is 446. The number of rotatable bonds is 0. The summed E-state index contributed by atoms with van der Waals surface area (Å²) in [6.45, 7) is 0. The molecule has 1 saturated carbocycles. The van der Waals surface area contributed by atoms with Crippen LogP contribution in [0, 0.1) is 5.92 Å². The second-order valence-corrected chi connectivity index (χ2v) is 5.08.